The summed E-state index contributed by atoms with van der Waals surface area (Å²) in [4.78, 5) is 2.12. The lowest BCUT2D eigenvalue weighted by Crippen LogP contribution is -2.12. The van der Waals surface area contributed by atoms with Crippen LogP contribution in [0.2, 0.25) is 0 Å². The lowest BCUT2D eigenvalue weighted by Gasteiger charge is -2.26. The molecule has 0 aromatic heterocycles. The number of benzene rings is 4. The van der Waals surface area contributed by atoms with Crippen LogP contribution in [-0.4, -0.2) is 22.8 Å². The van der Waals surface area contributed by atoms with E-state index < -0.39 is 12.6 Å². The molecule has 5 heteroatoms. The Morgan fingerprint density at radius 2 is 0.879 bits per heavy atom. The normalized spacial score (nSPS) is 12.6. The van der Waals surface area contributed by atoms with Gasteiger partial charge in [0.15, 0.2) is 12.6 Å². The van der Waals surface area contributed by atoms with E-state index in [4.69, 9.17) is 9.47 Å². The van der Waals surface area contributed by atoms with Gasteiger partial charge in [0.2, 0.25) is 0 Å². The zero-order chi connectivity index (χ0) is 23.2. The van der Waals surface area contributed by atoms with Gasteiger partial charge in [-0.25, -0.2) is 0 Å². The van der Waals surface area contributed by atoms with Crippen LogP contribution in [0.4, 0.5) is 17.1 Å². The van der Waals surface area contributed by atoms with Crippen LogP contribution in [0.1, 0.15) is 13.8 Å². The van der Waals surface area contributed by atoms with Gasteiger partial charge in [0.25, 0.3) is 0 Å². The highest BCUT2D eigenvalue weighted by atomic mass is 16.6. The molecule has 4 aromatic rings. The van der Waals surface area contributed by atoms with Crippen LogP contribution < -0.4 is 14.4 Å². The van der Waals surface area contributed by atoms with Crippen LogP contribution in [-0.2, 0) is 0 Å². The molecular formula is C28H27NO4. The van der Waals surface area contributed by atoms with Crippen LogP contribution in [0.25, 0.3) is 11.1 Å². The van der Waals surface area contributed by atoms with Gasteiger partial charge in [-0.15, -0.1) is 0 Å². The molecule has 0 radical (unpaired) electrons. The molecule has 0 spiro atoms. The van der Waals surface area contributed by atoms with Gasteiger partial charge >= 0.3 is 0 Å². The van der Waals surface area contributed by atoms with Crippen LogP contribution in [0.3, 0.4) is 0 Å². The Hall–Kier alpha value is -3.80. The first-order valence-corrected chi connectivity index (χ1v) is 10.8. The highest BCUT2D eigenvalue weighted by molar-refractivity contribution is 5.78. The lowest BCUT2D eigenvalue weighted by molar-refractivity contribution is -0.000859. The minimum atomic E-state index is -0.876. The predicted molar refractivity (Wildman–Crippen MR) is 131 cm³/mol. The van der Waals surface area contributed by atoms with Gasteiger partial charge in [-0.1, -0.05) is 42.5 Å². The first-order chi connectivity index (χ1) is 16.0. The van der Waals surface area contributed by atoms with E-state index in [9.17, 15) is 10.2 Å². The monoisotopic (exact) mass is 441 g/mol. The third kappa shape index (κ3) is 5.71. The van der Waals surface area contributed by atoms with Gasteiger partial charge in [-0.3, -0.25) is 0 Å². The van der Waals surface area contributed by atoms with Crippen molar-refractivity contribution in [1.29, 1.82) is 0 Å². The standard InChI is InChI=1S/C28H27NO4/c1-20(30)32-27-16-12-25(13-17-27)29(26-14-18-28(19-15-26)33-21(2)31)24-10-8-23(9-11-24)22-6-4-3-5-7-22/h3-21,30-31H,1-2H3. The summed E-state index contributed by atoms with van der Waals surface area (Å²) in [6, 6.07) is 33.8. The molecule has 0 saturated carbocycles. The fourth-order valence-electron chi connectivity index (χ4n) is 3.62. The minimum absolute atomic E-state index is 0.591. The Morgan fingerprint density at radius 1 is 0.515 bits per heavy atom. The highest BCUT2D eigenvalue weighted by Crippen LogP contribution is 2.37. The number of hydrogen-bond acceptors (Lipinski definition) is 5. The van der Waals surface area contributed by atoms with Crippen molar-refractivity contribution < 1.29 is 19.7 Å². The summed E-state index contributed by atoms with van der Waals surface area (Å²) in [5.41, 5.74) is 5.16. The van der Waals surface area contributed by atoms with Crippen molar-refractivity contribution in [2.24, 2.45) is 0 Å². The van der Waals surface area contributed by atoms with Crippen LogP contribution >= 0.6 is 0 Å². The molecule has 2 unspecified atom stereocenters. The summed E-state index contributed by atoms with van der Waals surface area (Å²) in [7, 11) is 0. The highest BCUT2D eigenvalue weighted by Gasteiger charge is 2.14. The summed E-state index contributed by atoms with van der Waals surface area (Å²) in [6.07, 6.45) is -1.75. The Morgan fingerprint density at radius 3 is 1.27 bits per heavy atom. The number of aliphatic hydroxyl groups is 2. The second-order valence-corrected chi connectivity index (χ2v) is 7.67. The van der Waals surface area contributed by atoms with Crippen molar-refractivity contribution in [3.05, 3.63) is 103 Å². The molecule has 4 aromatic carbocycles. The molecule has 0 aliphatic rings. The molecule has 5 nitrogen and oxygen atoms in total. The molecule has 2 atom stereocenters. The van der Waals surface area contributed by atoms with Gasteiger partial charge in [-0.05, 0) is 85.6 Å². The van der Waals surface area contributed by atoms with Crippen molar-refractivity contribution in [2.45, 2.75) is 26.4 Å². The Bertz CT molecular complexity index is 1090. The van der Waals surface area contributed by atoms with Gasteiger partial charge in [0.1, 0.15) is 11.5 Å². The molecule has 2 N–H and O–H groups in total. The maximum atomic E-state index is 9.49. The summed E-state index contributed by atoms with van der Waals surface area (Å²) in [5.74, 6) is 1.18. The third-order valence-corrected chi connectivity index (χ3v) is 5.04. The van der Waals surface area contributed by atoms with E-state index in [0.29, 0.717) is 11.5 Å². The molecule has 168 valence electrons. The molecule has 0 amide bonds. The number of nitrogens with zero attached hydrogens (tertiary/aromatic N) is 1. The van der Waals surface area contributed by atoms with Gasteiger partial charge in [-0.2, -0.15) is 0 Å². The lowest BCUT2D eigenvalue weighted by atomic mass is 10.0. The number of rotatable bonds is 8. The van der Waals surface area contributed by atoms with Crippen LogP contribution in [0.5, 0.6) is 11.5 Å². The number of aliphatic hydroxyl groups excluding tert-OH is 2. The molecule has 0 heterocycles. The van der Waals surface area contributed by atoms with Crippen LogP contribution in [0.15, 0.2) is 103 Å². The van der Waals surface area contributed by atoms with Crippen LogP contribution in [0, 0.1) is 0 Å². The number of hydrogen-bond donors (Lipinski definition) is 2. The third-order valence-electron chi connectivity index (χ3n) is 5.04. The average Bonchev–Trinajstić information content (AvgIpc) is 2.82. The van der Waals surface area contributed by atoms with E-state index >= 15 is 0 Å². The van der Waals surface area contributed by atoms with E-state index in [1.54, 1.807) is 13.8 Å². The zero-order valence-electron chi connectivity index (χ0n) is 18.6. The molecule has 0 saturated heterocycles. The molecule has 33 heavy (non-hydrogen) atoms. The fourth-order valence-corrected chi connectivity index (χ4v) is 3.62. The minimum Gasteiger partial charge on any atom is -0.465 e. The first kappa shape index (κ1) is 22.4. The van der Waals surface area contributed by atoms with Crippen molar-refractivity contribution >= 4 is 17.1 Å². The number of ether oxygens (including phenoxy) is 2. The Labute approximate surface area is 194 Å². The van der Waals surface area contributed by atoms with Crippen molar-refractivity contribution in [1.82, 2.24) is 0 Å². The summed E-state index contributed by atoms with van der Waals surface area (Å²) in [5, 5.41) is 19.0. The van der Waals surface area contributed by atoms with Crippen molar-refractivity contribution in [3.63, 3.8) is 0 Å². The Kier molecular flexibility index (Phi) is 6.93. The number of anilines is 3. The van der Waals surface area contributed by atoms with Gasteiger partial charge in [0, 0.05) is 17.1 Å². The molecular weight excluding hydrogens is 414 g/mol. The summed E-state index contributed by atoms with van der Waals surface area (Å²) in [6.45, 7) is 3.15. The zero-order valence-corrected chi connectivity index (χ0v) is 18.6. The fraction of sp³-hybridized carbons (Fsp3) is 0.143. The van der Waals surface area contributed by atoms with Gasteiger partial charge < -0.3 is 24.6 Å². The molecule has 0 fully saturated rings. The maximum absolute atomic E-state index is 9.49. The SMILES string of the molecule is CC(O)Oc1ccc(N(c2ccc(OC(C)O)cc2)c2ccc(-c3ccccc3)cc2)cc1. The van der Waals surface area contributed by atoms with E-state index in [1.807, 2.05) is 66.7 Å². The van der Waals surface area contributed by atoms with Crippen molar-refractivity contribution in [3.8, 4) is 22.6 Å². The van der Waals surface area contributed by atoms with Crippen molar-refractivity contribution in [2.75, 3.05) is 4.90 Å². The van der Waals surface area contributed by atoms with E-state index in [-0.39, 0.29) is 0 Å². The van der Waals surface area contributed by atoms with E-state index in [0.717, 1.165) is 28.2 Å². The second kappa shape index (κ2) is 10.2. The maximum Gasteiger partial charge on any atom is 0.194 e. The Balaban J connectivity index is 1.69. The first-order valence-electron chi connectivity index (χ1n) is 10.8. The summed E-state index contributed by atoms with van der Waals surface area (Å²) >= 11 is 0. The molecule has 0 aliphatic carbocycles. The average molecular weight is 442 g/mol. The van der Waals surface area contributed by atoms with Gasteiger partial charge in [0.05, 0.1) is 0 Å². The predicted octanol–water partition coefficient (Wildman–Crippen LogP) is 6.26. The molecule has 4 rings (SSSR count). The smallest absolute Gasteiger partial charge is 0.194 e. The topological polar surface area (TPSA) is 62.2 Å². The largest absolute Gasteiger partial charge is 0.465 e. The second-order valence-electron chi connectivity index (χ2n) is 7.67. The van der Waals surface area contributed by atoms with E-state index in [1.165, 1.54) is 0 Å². The quantitative estimate of drug-likeness (QED) is 0.316. The van der Waals surface area contributed by atoms with E-state index in [2.05, 4.69) is 41.3 Å². The summed E-state index contributed by atoms with van der Waals surface area (Å²) < 4.78 is 10.7. The molecule has 0 aliphatic heterocycles. The molecule has 0 bridgehead atoms.